The van der Waals surface area contributed by atoms with Crippen molar-refractivity contribution in [3.63, 3.8) is 0 Å². The van der Waals surface area contributed by atoms with Gasteiger partial charge < -0.3 is 14.8 Å². The average Bonchev–Trinajstić information content (AvgIpc) is 3.41. The van der Waals surface area contributed by atoms with Crippen molar-refractivity contribution in [3.05, 3.63) is 108 Å². The van der Waals surface area contributed by atoms with Gasteiger partial charge in [0.1, 0.15) is 13.2 Å². The highest BCUT2D eigenvalue weighted by atomic mass is 16.6. The highest BCUT2D eigenvalue weighted by Crippen LogP contribution is 2.34. The van der Waals surface area contributed by atoms with Gasteiger partial charge in [-0.2, -0.15) is 5.10 Å². The van der Waals surface area contributed by atoms with E-state index in [0.29, 0.717) is 24.5 Å². The number of amides is 1. The molecule has 1 N–H and O–H groups in total. The lowest BCUT2D eigenvalue weighted by molar-refractivity contribution is 0.102. The lowest BCUT2D eigenvalue weighted by atomic mass is 10.1. The number of benzene rings is 3. The first-order chi connectivity index (χ1) is 19.2. The SMILES string of the molecule is CCCc1c(C(=O)Nc2cccc(-c3cccc(-c4ccc5c(c4)OCCO5)n3)c2)cnn1-c1ccccc1. The lowest BCUT2D eigenvalue weighted by Gasteiger charge is -2.18. The molecule has 1 aliphatic rings. The smallest absolute Gasteiger partial charge is 0.259 e. The Morgan fingerprint density at radius 3 is 2.38 bits per heavy atom. The summed E-state index contributed by atoms with van der Waals surface area (Å²) in [6, 6.07) is 29.4. The lowest BCUT2D eigenvalue weighted by Crippen LogP contribution is -2.15. The molecule has 3 aromatic carbocycles. The fourth-order valence-corrected chi connectivity index (χ4v) is 4.75. The molecule has 0 atom stereocenters. The number of anilines is 1. The number of fused-ring (bicyclic) bond motifs is 1. The minimum atomic E-state index is -0.184. The third kappa shape index (κ3) is 5.11. The summed E-state index contributed by atoms with van der Waals surface area (Å²) >= 11 is 0. The number of hydrogen-bond donors (Lipinski definition) is 1. The first kappa shape index (κ1) is 24.4. The number of pyridine rings is 1. The summed E-state index contributed by atoms with van der Waals surface area (Å²) < 4.78 is 13.2. The molecule has 39 heavy (non-hydrogen) atoms. The second-order valence-electron chi connectivity index (χ2n) is 9.30. The van der Waals surface area contributed by atoms with E-state index in [0.717, 1.165) is 58.2 Å². The van der Waals surface area contributed by atoms with Crippen LogP contribution in [0.2, 0.25) is 0 Å². The topological polar surface area (TPSA) is 78.3 Å². The molecule has 7 heteroatoms. The van der Waals surface area contributed by atoms with E-state index < -0.39 is 0 Å². The fraction of sp³-hybridized carbons (Fsp3) is 0.156. The molecule has 6 rings (SSSR count). The maximum atomic E-state index is 13.4. The standard InChI is InChI=1S/C32H28N4O3/c1-2-8-29-26(21-33-36(29)25-11-4-3-5-12-25)32(37)34-24-10-6-9-22(19-24)27-13-7-14-28(35-27)23-15-16-30-31(20-23)39-18-17-38-30/h3-7,9-16,19-21H,2,8,17-18H2,1H3,(H,34,37). The van der Waals surface area contributed by atoms with Crippen LogP contribution >= 0.6 is 0 Å². The Morgan fingerprint density at radius 2 is 1.59 bits per heavy atom. The summed E-state index contributed by atoms with van der Waals surface area (Å²) in [7, 11) is 0. The molecule has 0 fully saturated rings. The third-order valence-corrected chi connectivity index (χ3v) is 6.60. The molecule has 0 saturated carbocycles. The zero-order valence-corrected chi connectivity index (χ0v) is 21.6. The van der Waals surface area contributed by atoms with Crippen LogP contribution in [0.1, 0.15) is 29.4 Å². The van der Waals surface area contributed by atoms with Gasteiger partial charge in [-0.1, -0.05) is 49.7 Å². The van der Waals surface area contributed by atoms with Gasteiger partial charge in [-0.25, -0.2) is 9.67 Å². The zero-order valence-electron chi connectivity index (χ0n) is 21.6. The maximum absolute atomic E-state index is 13.4. The number of nitrogens with zero attached hydrogens (tertiary/aromatic N) is 3. The van der Waals surface area contributed by atoms with E-state index in [1.165, 1.54) is 0 Å². The number of para-hydroxylation sites is 1. The molecule has 2 aromatic heterocycles. The van der Waals surface area contributed by atoms with Crippen LogP contribution in [0, 0.1) is 0 Å². The molecule has 1 amide bonds. The summed E-state index contributed by atoms with van der Waals surface area (Å²) in [5, 5.41) is 7.59. The van der Waals surface area contributed by atoms with E-state index in [2.05, 4.69) is 17.3 Å². The van der Waals surface area contributed by atoms with Gasteiger partial charge in [0.05, 0.1) is 34.5 Å². The van der Waals surface area contributed by atoms with Gasteiger partial charge >= 0.3 is 0 Å². The van der Waals surface area contributed by atoms with E-state index in [1.807, 2.05) is 95.7 Å². The number of ether oxygens (including phenoxy) is 2. The summed E-state index contributed by atoms with van der Waals surface area (Å²) in [4.78, 5) is 18.3. The van der Waals surface area contributed by atoms with Gasteiger partial charge in [0.25, 0.3) is 5.91 Å². The Labute approximate surface area is 227 Å². The molecule has 7 nitrogen and oxygen atoms in total. The number of rotatable bonds is 7. The number of carbonyl (C=O) groups is 1. The predicted molar refractivity (Wildman–Crippen MR) is 152 cm³/mol. The van der Waals surface area contributed by atoms with E-state index in [1.54, 1.807) is 6.20 Å². The van der Waals surface area contributed by atoms with Crippen LogP contribution in [0.3, 0.4) is 0 Å². The summed E-state index contributed by atoms with van der Waals surface area (Å²) in [5.41, 5.74) is 6.59. The number of carbonyl (C=O) groups excluding carboxylic acids is 1. The van der Waals surface area contributed by atoms with Gasteiger partial charge in [0.2, 0.25) is 0 Å². The maximum Gasteiger partial charge on any atom is 0.259 e. The molecular weight excluding hydrogens is 488 g/mol. The zero-order chi connectivity index (χ0) is 26.6. The first-order valence-electron chi connectivity index (χ1n) is 13.1. The second kappa shape index (κ2) is 10.8. The number of aromatic nitrogens is 3. The van der Waals surface area contributed by atoms with E-state index in [-0.39, 0.29) is 5.91 Å². The molecule has 0 aliphatic carbocycles. The third-order valence-electron chi connectivity index (χ3n) is 6.60. The molecule has 0 unspecified atom stereocenters. The van der Waals surface area contributed by atoms with Gasteiger partial charge in [-0.05, 0) is 61.0 Å². The Morgan fingerprint density at radius 1 is 0.846 bits per heavy atom. The molecule has 5 aromatic rings. The van der Waals surface area contributed by atoms with Crippen LogP contribution in [0.5, 0.6) is 11.5 Å². The Hall–Kier alpha value is -4.91. The van der Waals surface area contributed by atoms with Crippen LogP contribution in [-0.4, -0.2) is 33.9 Å². The number of hydrogen-bond acceptors (Lipinski definition) is 5. The van der Waals surface area contributed by atoms with Crippen LogP contribution in [0.15, 0.2) is 97.2 Å². The molecule has 0 bridgehead atoms. The highest BCUT2D eigenvalue weighted by Gasteiger charge is 2.19. The van der Waals surface area contributed by atoms with Crippen LogP contribution in [-0.2, 0) is 6.42 Å². The largest absolute Gasteiger partial charge is 0.486 e. The van der Waals surface area contributed by atoms with Gasteiger partial charge in [0, 0.05) is 16.8 Å². The normalized spacial score (nSPS) is 12.2. The van der Waals surface area contributed by atoms with Crippen molar-refractivity contribution in [2.45, 2.75) is 19.8 Å². The average molecular weight is 517 g/mol. The van der Waals surface area contributed by atoms with Crippen molar-refractivity contribution in [1.29, 1.82) is 0 Å². The van der Waals surface area contributed by atoms with Gasteiger partial charge in [0.15, 0.2) is 11.5 Å². The molecule has 0 saturated heterocycles. The molecule has 1 aliphatic heterocycles. The molecule has 0 radical (unpaired) electrons. The summed E-state index contributed by atoms with van der Waals surface area (Å²) in [6.07, 6.45) is 3.30. The highest BCUT2D eigenvalue weighted by molar-refractivity contribution is 6.05. The molecular formula is C32H28N4O3. The van der Waals surface area contributed by atoms with Crippen molar-refractivity contribution >= 4 is 11.6 Å². The Balaban J connectivity index is 1.25. The van der Waals surface area contributed by atoms with E-state index >= 15 is 0 Å². The van der Waals surface area contributed by atoms with Crippen LogP contribution < -0.4 is 14.8 Å². The summed E-state index contributed by atoms with van der Waals surface area (Å²) in [5.74, 6) is 1.30. The van der Waals surface area contributed by atoms with Gasteiger partial charge in [-0.15, -0.1) is 0 Å². The second-order valence-corrected chi connectivity index (χ2v) is 9.30. The van der Waals surface area contributed by atoms with Crippen molar-refractivity contribution < 1.29 is 14.3 Å². The fourth-order valence-electron chi connectivity index (χ4n) is 4.75. The van der Waals surface area contributed by atoms with Crippen LogP contribution in [0.4, 0.5) is 5.69 Å². The quantitative estimate of drug-likeness (QED) is 0.264. The molecule has 3 heterocycles. The minimum Gasteiger partial charge on any atom is -0.486 e. The number of nitrogens with one attached hydrogen (secondary N) is 1. The van der Waals surface area contributed by atoms with Gasteiger partial charge in [-0.3, -0.25) is 4.79 Å². The summed E-state index contributed by atoms with van der Waals surface area (Å²) in [6.45, 7) is 3.19. The van der Waals surface area contributed by atoms with Crippen molar-refractivity contribution in [2.75, 3.05) is 18.5 Å². The Bertz CT molecular complexity index is 1630. The van der Waals surface area contributed by atoms with E-state index in [4.69, 9.17) is 14.5 Å². The predicted octanol–water partition coefficient (Wildman–Crippen LogP) is 6.58. The Kier molecular flexibility index (Phi) is 6.78. The van der Waals surface area contributed by atoms with Crippen molar-refractivity contribution in [2.24, 2.45) is 0 Å². The van der Waals surface area contributed by atoms with E-state index in [9.17, 15) is 4.79 Å². The monoisotopic (exact) mass is 516 g/mol. The van der Waals surface area contributed by atoms with Crippen molar-refractivity contribution in [3.8, 4) is 39.7 Å². The minimum absolute atomic E-state index is 0.184. The molecule has 0 spiro atoms. The van der Waals surface area contributed by atoms with Crippen LogP contribution in [0.25, 0.3) is 28.2 Å². The van der Waals surface area contributed by atoms with Crippen molar-refractivity contribution in [1.82, 2.24) is 14.8 Å². The first-order valence-corrected chi connectivity index (χ1v) is 13.1. The molecule has 194 valence electrons.